The van der Waals surface area contributed by atoms with Gasteiger partial charge in [-0.3, -0.25) is 0 Å². The zero-order valence-electron chi connectivity index (χ0n) is 8.93. The first-order chi connectivity index (χ1) is 8.25. The van der Waals surface area contributed by atoms with Crippen molar-refractivity contribution in [1.82, 2.24) is 10.3 Å². The van der Waals surface area contributed by atoms with Crippen molar-refractivity contribution in [2.75, 3.05) is 0 Å². The van der Waals surface area contributed by atoms with Crippen molar-refractivity contribution in [3.63, 3.8) is 0 Å². The van der Waals surface area contributed by atoms with Crippen LogP contribution in [0.3, 0.4) is 0 Å². The SMILES string of the molecule is OC(c1ncc(Cl)s1)C1NCc2ccccc21. The average Bonchev–Trinajstić information content (AvgIpc) is 2.94. The molecule has 2 aromatic rings. The van der Waals surface area contributed by atoms with Gasteiger partial charge in [0.25, 0.3) is 0 Å². The van der Waals surface area contributed by atoms with Gasteiger partial charge in [-0.15, -0.1) is 11.3 Å². The molecule has 0 saturated carbocycles. The molecule has 1 aliphatic heterocycles. The number of rotatable bonds is 2. The van der Waals surface area contributed by atoms with E-state index in [9.17, 15) is 5.11 Å². The molecule has 3 rings (SSSR count). The van der Waals surface area contributed by atoms with Gasteiger partial charge in [0.1, 0.15) is 15.4 Å². The Bertz CT molecular complexity index is 543. The molecule has 88 valence electrons. The number of aliphatic hydroxyl groups is 1. The maximum absolute atomic E-state index is 10.3. The number of hydrogen-bond donors (Lipinski definition) is 2. The van der Waals surface area contributed by atoms with Crippen molar-refractivity contribution < 1.29 is 5.11 Å². The van der Waals surface area contributed by atoms with Crippen molar-refractivity contribution in [2.24, 2.45) is 0 Å². The zero-order valence-corrected chi connectivity index (χ0v) is 10.5. The van der Waals surface area contributed by atoms with Crippen LogP contribution in [0.1, 0.15) is 28.3 Å². The lowest BCUT2D eigenvalue weighted by molar-refractivity contribution is 0.133. The van der Waals surface area contributed by atoms with Crippen molar-refractivity contribution in [1.29, 1.82) is 0 Å². The second kappa shape index (κ2) is 4.38. The molecule has 0 amide bonds. The first-order valence-electron chi connectivity index (χ1n) is 5.36. The Kier molecular flexibility index (Phi) is 2.88. The van der Waals surface area contributed by atoms with Gasteiger partial charge in [0.15, 0.2) is 0 Å². The molecule has 1 aromatic heterocycles. The number of nitrogens with one attached hydrogen (secondary N) is 1. The normalized spacial score (nSPS) is 20.2. The molecule has 2 atom stereocenters. The van der Waals surface area contributed by atoms with Crippen LogP contribution in [0.2, 0.25) is 4.34 Å². The van der Waals surface area contributed by atoms with Gasteiger partial charge in [-0.2, -0.15) is 0 Å². The first kappa shape index (κ1) is 11.2. The Hall–Kier alpha value is -0.940. The fourth-order valence-corrected chi connectivity index (χ4v) is 3.11. The summed E-state index contributed by atoms with van der Waals surface area (Å²) >= 11 is 7.16. The average molecular weight is 267 g/mol. The van der Waals surface area contributed by atoms with E-state index in [-0.39, 0.29) is 6.04 Å². The van der Waals surface area contributed by atoms with Crippen LogP contribution in [0.25, 0.3) is 0 Å². The van der Waals surface area contributed by atoms with E-state index in [0.717, 1.165) is 12.1 Å². The molecule has 0 saturated heterocycles. The summed E-state index contributed by atoms with van der Waals surface area (Å²) in [6, 6.07) is 8.02. The molecular weight excluding hydrogens is 256 g/mol. The molecule has 2 heterocycles. The fraction of sp³-hybridized carbons (Fsp3) is 0.250. The molecule has 0 bridgehead atoms. The zero-order chi connectivity index (χ0) is 11.8. The van der Waals surface area contributed by atoms with Crippen LogP contribution in [0.5, 0.6) is 0 Å². The van der Waals surface area contributed by atoms with E-state index in [1.165, 1.54) is 16.9 Å². The lowest BCUT2D eigenvalue weighted by Crippen LogP contribution is -2.20. The lowest BCUT2D eigenvalue weighted by atomic mass is 10.0. The van der Waals surface area contributed by atoms with Gasteiger partial charge in [-0.25, -0.2) is 4.98 Å². The first-order valence-corrected chi connectivity index (χ1v) is 6.55. The minimum atomic E-state index is -0.642. The van der Waals surface area contributed by atoms with Crippen molar-refractivity contribution >= 4 is 22.9 Å². The number of hydrogen-bond acceptors (Lipinski definition) is 4. The van der Waals surface area contributed by atoms with E-state index in [1.54, 1.807) is 6.20 Å². The van der Waals surface area contributed by atoms with Crippen LogP contribution in [-0.4, -0.2) is 10.1 Å². The van der Waals surface area contributed by atoms with Crippen LogP contribution in [0, 0.1) is 0 Å². The van der Waals surface area contributed by atoms with Crippen molar-refractivity contribution in [2.45, 2.75) is 18.7 Å². The number of aromatic nitrogens is 1. The van der Waals surface area contributed by atoms with E-state index in [1.807, 2.05) is 18.2 Å². The maximum Gasteiger partial charge on any atom is 0.125 e. The van der Waals surface area contributed by atoms with Crippen LogP contribution >= 0.6 is 22.9 Å². The van der Waals surface area contributed by atoms with Gasteiger partial charge in [-0.1, -0.05) is 35.9 Å². The van der Waals surface area contributed by atoms with E-state index in [0.29, 0.717) is 9.34 Å². The number of fused-ring (bicyclic) bond motifs is 1. The summed E-state index contributed by atoms with van der Waals surface area (Å²) < 4.78 is 0.602. The van der Waals surface area contributed by atoms with Crippen molar-refractivity contribution in [3.8, 4) is 0 Å². The Morgan fingerprint density at radius 3 is 3.06 bits per heavy atom. The molecule has 0 radical (unpaired) electrons. The molecular formula is C12H11ClN2OS. The standard InChI is InChI=1S/C12H11ClN2OS/c13-9-6-15-12(17-9)11(16)10-8-4-2-1-3-7(8)5-14-10/h1-4,6,10-11,14,16H,5H2. The molecule has 2 unspecified atom stereocenters. The Morgan fingerprint density at radius 2 is 2.29 bits per heavy atom. The van der Waals surface area contributed by atoms with Crippen LogP contribution < -0.4 is 5.32 Å². The third-order valence-corrected chi connectivity index (χ3v) is 4.15. The van der Waals surface area contributed by atoms with E-state index in [4.69, 9.17) is 11.6 Å². The monoisotopic (exact) mass is 266 g/mol. The molecule has 3 nitrogen and oxygen atoms in total. The Balaban J connectivity index is 1.92. The van der Waals surface area contributed by atoms with Gasteiger partial charge < -0.3 is 10.4 Å². The third-order valence-electron chi connectivity index (χ3n) is 2.97. The third kappa shape index (κ3) is 1.98. The second-order valence-electron chi connectivity index (χ2n) is 4.00. The van der Waals surface area contributed by atoms with Gasteiger partial charge >= 0.3 is 0 Å². The topological polar surface area (TPSA) is 45.2 Å². The molecule has 1 aliphatic rings. The minimum Gasteiger partial charge on any atom is -0.384 e. The highest BCUT2D eigenvalue weighted by Crippen LogP contribution is 2.37. The number of aliphatic hydroxyl groups excluding tert-OH is 1. The molecule has 17 heavy (non-hydrogen) atoms. The summed E-state index contributed by atoms with van der Waals surface area (Å²) in [5.41, 5.74) is 2.38. The number of nitrogens with zero attached hydrogens (tertiary/aromatic N) is 1. The Labute approximate surface area is 108 Å². The summed E-state index contributed by atoms with van der Waals surface area (Å²) in [6.45, 7) is 0.789. The summed E-state index contributed by atoms with van der Waals surface area (Å²) in [4.78, 5) is 4.13. The lowest BCUT2D eigenvalue weighted by Gasteiger charge is -2.17. The minimum absolute atomic E-state index is 0.0894. The summed E-state index contributed by atoms with van der Waals surface area (Å²) in [7, 11) is 0. The number of thiazole rings is 1. The molecule has 2 N–H and O–H groups in total. The predicted molar refractivity (Wildman–Crippen MR) is 68.1 cm³/mol. The summed E-state index contributed by atoms with van der Waals surface area (Å²) in [5, 5.41) is 14.3. The van der Waals surface area contributed by atoms with Gasteiger partial charge in [0, 0.05) is 6.54 Å². The number of halogens is 1. The maximum atomic E-state index is 10.3. The van der Waals surface area contributed by atoms with E-state index in [2.05, 4.69) is 16.4 Å². The fourth-order valence-electron chi connectivity index (χ4n) is 2.16. The number of benzene rings is 1. The molecule has 0 aliphatic carbocycles. The second-order valence-corrected chi connectivity index (χ2v) is 5.70. The van der Waals surface area contributed by atoms with Crippen molar-refractivity contribution in [3.05, 3.63) is 50.9 Å². The quantitative estimate of drug-likeness (QED) is 0.878. The largest absolute Gasteiger partial charge is 0.384 e. The summed E-state index contributed by atoms with van der Waals surface area (Å²) in [6.07, 6.45) is 0.933. The van der Waals surface area contributed by atoms with E-state index >= 15 is 0 Å². The molecule has 0 spiro atoms. The molecule has 0 fully saturated rings. The molecule has 1 aromatic carbocycles. The van der Waals surface area contributed by atoms with E-state index < -0.39 is 6.10 Å². The van der Waals surface area contributed by atoms with Gasteiger partial charge in [0.05, 0.1) is 12.2 Å². The van der Waals surface area contributed by atoms with Crippen LogP contribution in [0.15, 0.2) is 30.5 Å². The highest BCUT2D eigenvalue weighted by Gasteiger charge is 2.30. The molecule has 5 heteroatoms. The predicted octanol–water partition coefficient (Wildman–Crippen LogP) is 2.67. The van der Waals surface area contributed by atoms with Crippen LogP contribution in [-0.2, 0) is 6.54 Å². The summed E-state index contributed by atoms with van der Waals surface area (Å²) in [5.74, 6) is 0. The smallest absolute Gasteiger partial charge is 0.125 e. The Morgan fingerprint density at radius 1 is 1.47 bits per heavy atom. The van der Waals surface area contributed by atoms with Gasteiger partial charge in [0.2, 0.25) is 0 Å². The highest BCUT2D eigenvalue weighted by molar-refractivity contribution is 7.15. The van der Waals surface area contributed by atoms with Gasteiger partial charge in [-0.05, 0) is 11.1 Å². The van der Waals surface area contributed by atoms with Crippen LogP contribution in [0.4, 0.5) is 0 Å². The highest BCUT2D eigenvalue weighted by atomic mass is 35.5.